The second kappa shape index (κ2) is 6.39. The third-order valence-electron chi connectivity index (χ3n) is 4.88. The van der Waals surface area contributed by atoms with Crippen molar-refractivity contribution in [2.75, 3.05) is 0 Å². The summed E-state index contributed by atoms with van der Waals surface area (Å²) >= 11 is 1.51. The number of rotatable bonds is 3. The predicted octanol–water partition coefficient (Wildman–Crippen LogP) is 5.93. The lowest BCUT2D eigenvalue weighted by molar-refractivity contribution is 0.622. The Morgan fingerprint density at radius 2 is 1.45 bits per heavy atom. The van der Waals surface area contributed by atoms with Gasteiger partial charge in [-0.25, -0.2) is 0 Å². The molecular weight excluding hydrogens is 380 g/mol. The second-order valence-electron chi connectivity index (χ2n) is 6.72. The summed E-state index contributed by atoms with van der Waals surface area (Å²) < 4.78 is 7.69. The van der Waals surface area contributed by atoms with Crippen LogP contribution in [0.3, 0.4) is 0 Å². The molecule has 29 heavy (non-hydrogen) atoms. The largest absolute Gasteiger partial charge is 0.453 e. The van der Waals surface area contributed by atoms with Crippen LogP contribution in [0.25, 0.3) is 49.2 Å². The van der Waals surface area contributed by atoms with Gasteiger partial charge in [0.1, 0.15) is 10.6 Å². The topological polar surface area (TPSA) is 56.2 Å². The zero-order valence-electron chi connectivity index (χ0n) is 15.2. The van der Waals surface area contributed by atoms with E-state index in [9.17, 15) is 0 Å². The molecule has 0 saturated heterocycles. The Morgan fingerprint density at radius 1 is 0.724 bits per heavy atom. The minimum absolute atomic E-state index is 0.611. The van der Waals surface area contributed by atoms with Crippen LogP contribution in [0.2, 0.25) is 0 Å². The SMILES string of the molecule is c1ccc(-c2ccc(-c3nn4c(-c5cc6ccccc6o5)nnc4s3)cc2)cc1. The first-order chi connectivity index (χ1) is 14.3. The molecule has 0 radical (unpaired) electrons. The van der Waals surface area contributed by atoms with Crippen molar-refractivity contribution in [2.24, 2.45) is 0 Å². The Hall–Kier alpha value is -3.77. The van der Waals surface area contributed by atoms with Crippen LogP contribution in [0, 0.1) is 0 Å². The Bertz CT molecular complexity index is 1410. The summed E-state index contributed by atoms with van der Waals surface area (Å²) in [6, 6.07) is 28.6. The van der Waals surface area contributed by atoms with Gasteiger partial charge in [-0.2, -0.15) is 9.61 Å². The normalized spacial score (nSPS) is 11.4. The third kappa shape index (κ3) is 2.73. The van der Waals surface area contributed by atoms with Crippen molar-refractivity contribution >= 4 is 27.3 Å². The van der Waals surface area contributed by atoms with Crippen LogP contribution in [0.5, 0.6) is 0 Å². The Morgan fingerprint density at radius 3 is 2.28 bits per heavy atom. The molecule has 138 valence electrons. The van der Waals surface area contributed by atoms with Crippen molar-refractivity contribution in [3.8, 4) is 33.3 Å². The van der Waals surface area contributed by atoms with E-state index in [0.717, 1.165) is 26.5 Å². The van der Waals surface area contributed by atoms with E-state index in [1.807, 2.05) is 48.5 Å². The molecule has 0 spiro atoms. The molecule has 0 aliphatic heterocycles. The number of fused-ring (bicyclic) bond motifs is 2. The Labute approximate surface area is 169 Å². The summed E-state index contributed by atoms with van der Waals surface area (Å²) in [4.78, 5) is 0.739. The van der Waals surface area contributed by atoms with Gasteiger partial charge >= 0.3 is 0 Å². The molecule has 0 bridgehead atoms. The van der Waals surface area contributed by atoms with E-state index in [0.29, 0.717) is 11.6 Å². The van der Waals surface area contributed by atoms with Crippen LogP contribution < -0.4 is 0 Å². The molecule has 6 heteroatoms. The van der Waals surface area contributed by atoms with E-state index in [-0.39, 0.29) is 0 Å². The number of para-hydroxylation sites is 1. The van der Waals surface area contributed by atoms with Crippen molar-refractivity contribution in [1.29, 1.82) is 0 Å². The van der Waals surface area contributed by atoms with Gasteiger partial charge in [0.15, 0.2) is 5.76 Å². The quantitative estimate of drug-likeness (QED) is 0.373. The molecule has 0 atom stereocenters. The van der Waals surface area contributed by atoms with Gasteiger partial charge in [-0.05, 0) is 23.3 Å². The summed E-state index contributed by atoms with van der Waals surface area (Å²) in [5.74, 6) is 1.27. The van der Waals surface area contributed by atoms with Crippen molar-refractivity contribution in [2.45, 2.75) is 0 Å². The molecule has 0 aliphatic carbocycles. The van der Waals surface area contributed by atoms with E-state index in [4.69, 9.17) is 9.52 Å². The molecule has 3 aromatic heterocycles. The number of hydrogen-bond acceptors (Lipinski definition) is 5. The molecule has 3 heterocycles. The highest BCUT2D eigenvalue weighted by Gasteiger charge is 2.17. The maximum absolute atomic E-state index is 5.94. The summed E-state index contributed by atoms with van der Waals surface area (Å²) in [7, 11) is 0. The maximum atomic E-state index is 5.94. The van der Waals surface area contributed by atoms with Crippen LogP contribution >= 0.6 is 11.3 Å². The third-order valence-corrected chi connectivity index (χ3v) is 5.82. The minimum atomic E-state index is 0.611. The zero-order valence-corrected chi connectivity index (χ0v) is 16.0. The smallest absolute Gasteiger partial charge is 0.235 e. The van der Waals surface area contributed by atoms with E-state index >= 15 is 0 Å². The summed E-state index contributed by atoms with van der Waals surface area (Å²) in [5, 5.41) is 15.2. The van der Waals surface area contributed by atoms with Crippen molar-refractivity contribution in [1.82, 2.24) is 19.8 Å². The highest BCUT2D eigenvalue weighted by Crippen LogP contribution is 2.31. The number of hydrogen-bond donors (Lipinski definition) is 0. The van der Waals surface area contributed by atoms with Gasteiger partial charge in [0, 0.05) is 10.9 Å². The summed E-state index contributed by atoms with van der Waals surface area (Å²) in [6.45, 7) is 0. The van der Waals surface area contributed by atoms with Crippen LogP contribution in [0.1, 0.15) is 0 Å². The standard InChI is InChI=1S/C23H14N4OS/c1-2-6-15(7-3-1)16-10-12-17(13-11-16)22-26-27-21(24-25-23(27)29-22)20-14-18-8-4-5-9-19(18)28-20/h1-14H. The van der Waals surface area contributed by atoms with Gasteiger partial charge in [-0.15, -0.1) is 10.2 Å². The van der Waals surface area contributed by atoms with Crippen LogP contribution in [0.15, 0.2) is 89.3 Å². The van der Waals surface area contributed by atoms with Gasteiger partial charge in [-0.3, -0.25) is 0 Å². The van der Waals surface area contributed by atoms with E-state index in [1.165, 1.54) is 22.5 Å². The molecule has 0 saturated carbocycles. The molecule has 6 aromatic rings. The monoisotopic (exact) mass is 394 g/mol. The van der Waals surface area contributed by atoms with Crippen LogP contribution in [0.4, 0.5) is 0 Å². The molecule has 3 aromatic carbocycles. The highest BCUT2D eigenvalue weighted by atomic mass is 32.1. The van der Waals surface area contributed by atoms with Crippen molar-refractivity contribution in [3.63, 3.8) is 0 Å². The molecule has 0 fully saturated rings. The second-order valence-corrected chi connectivity index (χ2v) is 7.67. The Balaban J connectivity index is 1.39. The molecule has 0 amide bonds. The lowest BCUT2D eigenvalue weighted by Crippen LogP contribution is -1.89. The first-order valence-electron chi connectivity index (χ1n) is 9.22. The average molecular weight is 394 g/mol. The highest BCUT2D eigenvalue weighted by molar-refractivity contribution is 7.19. The number of aromatic nitrogens is 4. The van der Waals surface area contributed by atoms with E-state index in [2.05, 4.69) is 46.6 Å². The van der Waals surface area contributed by atoms with Gasteiger partial charge in [0.05, 0.1) is 0 Å². The molecule has 6 rings (SSSR count). The molecule has 5 nitrogen and oxygen atoms in total. The van der Waals surface area contributed by atoms with Gasteiger partial charge in [-0.1, -0.05) is 84.1 Å². The zero-order chi connectivity index (χ0) is 19.2. The first kappa shape index (κ1) is 16.2. The lowest BCUT2D eigenvalue weighted by atomic mass is 10.0. The van der Waals surface area contributed by atoms with Crippen molar-refractivity contribution in [3.05, 3.63) is 84.9 Å². The minimum Gasteiger partial charge on any atom is -0.453 e. The lowest BCUT2D eigenvalue weighted by Gasteiger charge is -2.02. The van der Waals surface area contributed by atoms with Gasteiger partial charge in [0.2, 0.25) is 10.8 Å². The number of nitrogens with zero attached hydrogens (tertiary/aromatic N) is 4. The first-order valence-corrected chi connectivity index (χ1v) is 10.0. The predicted molar refractivity (Wildman–Crippen MR) is 115 cm³/mol. The fraction of sp³-hybridized carbons (Fsp3) is 0. The maximum Gasteiger partial charge on any atom is 0.235 e. The Kier molecular flexibility index (Phi) is 3.57. The fourth-order valence-electron chi connectivity index (χ4n) is 3.42. The fourth-order valence-corrected chi connectivity index (χ4v) is 4.26. The van der Waals surface area contributed by atoms with E-state index < -0.39 is 0 Å². The average Bonchev–Trinajstić information content (AvgIpc) is 3.48. The number of furan rings is 1. The van der Waals surface area contributed by atoms with Crippen LogP contribution in [-0.2, 0) is 0 Å². The van der Waals surface area contributed by atoms with E-state index in [1.54, 1.807) is 4.52 Å². The summed E-state index contributed by atoms with van der Waals surface area (Å²) in [6.07, 6.45) is 0. The molecule has 0 aliphatic rings. The van der Waals surface area contributed by atoms with Gasteiger partial charge in [0.25, 0.3) is 0 Å². The van der Waals surface area contributed by atoms with Crippen LogP contribution in [-0.4, -0.2) is 19.8 Å². The van der Waals surface area contributed by atoms with Gasteiger partial charge < -0.3 is 4.42 Å². The molecule has 0 N–H and O–H groups in total. The molecular formula is C23H14N4OS. The van der Waals surface area contributed by atoms with Crippen molar-refractivity contribution < 1.29 is 4.42 Å². The number of benzene rings is 3. The molecule has 0 unspecified atom stereocenters. The summed E-state index contributed by atoms with van der Waals surface area (Å²) in [5.41, 5.74) is 4.26.